The minimum Gasteiger partial charge on any atom is -0.483 e. The molecule has 1 heterocycles. The molecule has 1 amide bonds. The largest absolute Gasteiger partial charge is 0.483 e. The van der Waals surface area contributed by atoms with E-state index in [9.17, 15) is 4.79 Å². The zero-order valence-electron chi connectivity index (χ0n) is 14.3. The van der Waals surface area contributed by atoms with E-state index in [1.165, 1.54) is 12.8 Å². The molecule has 1 saturated heterocycles. The van der Waals surface area contributed by atoms with Gasteiger partial charge in [0.15, 0.2) is 6.61 Å². The van der Waals surface area contributed by atoms with Crippen molar-refractivity contribution in [1.29, 1.82) is 0 Å². The second kappa shape index (κ2) is 9.25. The third-order valence-corrected chi connectivity index (χ3v) is 4.46. The smallest absolute Gasteiger partial charge is 0.257 e. The van der Waals surface area contributed by atoms with Crippen LogP contribution in [0.3, 0.4) is 0 Å². The van der Waals surface area contributed by atoms with E-state index in [4.69, 9.17) is 4.74 Å². The molecule has 1 saturated carbocycles. The van der Waals surface area contributed by atoms with Gasteiger partial charge in [-0.15, -0.1) is 12.4 Å². The Labute approximate surface area is 150 Å². The first-order valence-electron chi connectivity index (χ1n) is 8.64. The van der Waals surface area contributed by atoms with Gasteiger partial charge in [0.1, 0.15) is 5.75 Å². The molecule has 0 radical (unpaired) electrons. The van der Waals surface area contributed by atoms with E-state index >= 15 is 0 Å². The Kier molecular flexibility index (Phi) is 7.34. The minimum atomic E-state index is -0.0255. The number of hydrogen-bond acceptors (Lipinski definition) is 4. The van der Waals surface area contributed by atoms with Gasteiger partial charge in [-0.2, -0.15) is 0 Å². The molecule has 5 nitrogen and oxygen atoms in total. The summed E-state index contributed by atoms with van der Waals surface area (Å²) < 4.78 is 5.77. The molecule has 6 heteroatoms. The summed E-state index contributed by atoms with van der Waals surface area (Å²) in [7, 11) is 0. The number of nitrogens with one attached hydrogen (secondary N) is 2. The molecule has 3 rings (SSSR count). The number of nitrogens with zero attached hydrogens (tertiary/aromatic N) is 1. The van der Waals surface area contributed by atoms with E-state index in [0.29, 0.717) is 12.0 Å². The normalized spacial score (nSPS) is 21.0. The number of hydrogen-bond donors (Lipinski definition) is 2. The molecule has 1 atom stereocenters. The molecule has 1 aliphatic heterocycles. The molecule has 2 fully saturated rings. The quantitative estimate of drug-likeness (QED) is 0.785. The van der Waals surface area contributed by atoms with Gasteiger partial charge >= 0.3 is 0 Å². The van der Waals surface area contributed by atoms with Crippen molar-refractivity contribution >= 4 is 18.3 Å². The Morgan fingerprint density at radius 3 is 2.92 bits per heavy atom. The van der Waals surface area contributed by atoms with E-state index in [1.807, 2.05) is 18.2 Å². The van der Waals surface area contributed by atoms with E-state index in [1.54, 1.807) is 0 Å². The highest BCUT2D eigenvalue weighted by Crippen LogP contribution is 2.27. The zero-order valence-corrected chi connectivity index (χ0v) is 15.1. The van der Waals surface area contributed by atoms with Gasteiger partial charge in [0, 0.05) is 44.3 Å². The number of para-hydroxylation sites is 1. The lowest BCUT2D eigenvalue weighted by atomic mass is 10.1. The second-order valence-corrected chi connectivity index (χ2v) is 6.73. The molecule has 1 aromatic carbocycles. The number of amides is 1. The van der Waals surface area contributed by atoms with Crippen molar-refractivity contribution < 1.29 is 9.53 Å². The van der Waals surface area contributed by atoms with Crippen LogP contribution in [0.15, 0.2) is 24.3 Å². The van der Waals surface area contributed by atoms with Crippen molar-refractivity contribution in [1.82, 2.24) is 15.5 Å². The van der Waals surface area contributed by atoms with Gasteiger partial charge in [0.2, 0.25) is 0 Å². The van der Waals surface area contributed by atoms with Gasteiger partial charge in [-0.3, -0.25) is 9.69 Å². The molecule has 24 heavy (non-hydrogen) atoms. The Morgan fingerprint density at radius 2 is 2.17 bits per heavy atom. The SMILES string of the molecule is CC1CN(Cc2ccccc2OCC(=O)NCC2CC2)CCN1.Cl. The highest BCUT2D eigenvalue weighted by atomic mass is 35.5. The van der Waals surface area contributed by atoms with Gasteiger partial charge in [-0.25, -0.2) is 0 Å². The Morgan fingerprint density at radius 1 is 1.38 bits per heavy atom. The number of ether oxygens (including phenoxy) is 1. The van der Waals surface area contributed by atoms with Gasteiger partial charge < -0.3 is 15.4 Å². The molecule has 0 spiro atoms. The third kappa shape index (κ3) is 5.96. The summed E-state index contributed by atoms with van der Waals surface area (Å²) in [5.41, 5.74) is 1.15. The lowest BCUT2D eigenvalue weighted by molar-refractivity contribution is -0.123. The van der Waals surface area contributed by atoms with Crippen LogP contribution in [0.1, 0.15) is 25.3 Å². The molecule has 2 aliphatic rings. The van der Waals surface area contributed by atoms with E-state index < -0.39 is 0 Å². The van der Waals surface area contributed by atoms with Crippen LogP contribution in [0, 0.1) is 5.92 Å². The van der Waals surface area contributed by atoms with E-state index in [0.717, 1.165) is 44.0 Å². The molecule has 2 N–H and O–H groups in total. The Hall–Kier alpha value is -1.30. The number of halogens is 1. The summed E-state index contributed by atoms with van der Waals surface area (Å²) in [6.07, 6.45) is 2.49. The monoisotopic (exact) mass is 353 g/mol. The number of piperazine rings is 1. The standard InChI is InChI=1S/C18H27N3O2.ClH/c1-14-11-21(9-8-19-14)12-16-4-2-3-5-17(16)23-13-18(22)20-10-15-6-7-15;/h2-5,14-15,19H,6-13H2,1H3,(H,20,22);1H. The van der Waals surface area contributed by atoms with Crippen LogP contribution in [0.5, 0.6) is 5.75 Å². The molecule has 1 unspecified atom stereocenters. The molecule has 1 aromatic rings. The molecular weight excluding hydrogens is 326 g/mol. The maximum atomic E-state index is 11.8. The topological polar surface area (TPSA) is 53.6 Å². The van der Waals surface area contributed by atoms with Crippen LogP contribution in [-0.4, -0.2) is 49.6 Å². The third-order valence-electron chi connectivity index (χ3n) is 4.46. The summed E-state index contributed by atoms with van der Waals surface area (Å²) >= 11 is 0. The van der Waals surface area contributed by atoms with Crippen molar-refractivity contribution in [2.24, 2.45) is 5.92 Å². The lowest BCUT2D eigenvalue weighted by Gasteiger charge is -2.32. The molecule has 0 bridgehead atoms. The maximum absolute atomic E-state index is 11.8. The number of carbonyl (C=O) groups excluding carboxylic acids is 1. The van der Waals surface area contributed by atoms with Crippen LogP contribution >= 0.6 is 12.4 Å². The fourth-order valence-corrected chi connectivity index (χ4v) is 2.95. The first kappa shape index (κ1) is 19.0. The fraction of sp³-hybridized carbons (Fsp3) is 0.611. The van der Waals surface area contributed by atoms with Gasteiger partial charge in [-0.1, -0.05) is 18.2 Å². The van der Waals surface area contributed by atoms with Crippen molar-refractivity contribution in [2.45, 2.75) is 32.4 Å². The van der Waals surface area contributed by atoms with Crippen molar-refractivity contribution in [3.05, 3.63) is 29.8 Å². The van der Waals surface area contributed by atoms with Crippen LogP contribution in [0.25, 0.3) is 0 Å². The zero-order chi connectivity index (χ0) is 16.1. The first-order chi connectivity index (χ1) is 11.2. The van der Waals surface area contributed by atoms with Gasteiger partial charge in [-0.05, 0) is 31.7 Å². The molecule has 1 aliphatic carbocycles. The Balaban J connectivity index is 0.00000208. The minimum absolute atomic E-state index is 0. The van der Waals surface area contributed by atoms with Crippen LogP contribution in [0.2, 0.25) is 0 Å². The van der Waals surface area contributed by atoms with Gasteiger partial charge in [0.25, 0.3) is 5.91 Å². The number of rotatable bonds is 7. The molecular formula is C18H28ClN3O2. The summed E-state index contributed by atoms with van der Waals surface area (Å²) in [6, 6.07) is 8.55. The van der Waals surface area contributed by atoms with Crippen molar-refractivity contribution in [3.8, 4) is 5.75 Å². The highest BCUT2D eigenvalue weighted by molar-refractivity contribution is 5.85. The summed E-state index contributed by atoms with van der Waals surface area (Å²) in [4.78, 5) is 14.3. The van der Waals surface area contributed by atoms with Crippen LogP contribution in [0.4, 0.5) is 0 Å². The molecule has 0 aromatic heterocycles. The average molecular weight is 354 g/mol. The number of benzene rings is 1. The van der Waals surface area contributed by atoms with Crippen molar-refractivity contribution in [2.75, 3.05) is 32.8 Å². The van der Waals surface area contributed by atoms with E-state index in [-0.39, 0.29) is 24.9 Å². The predicted octanol–water partition coefficient (Wildman–Crippen LogP) is 1.81. The first-order valence-corrected chi connectivity index (χ1v) is 8.64. The number of carbonyl (C=O) groups is 1. The molecule has 134 valence electrons. The van der Waals surface area contributed by atoms with Crippen LogP contribution < -0.4 is 15.4 Å². The summed E-state index contributed by atoms with van der Waals surface area (Å²) in [5, 5.41) is 6.39. The fourth-order valence-electron chi connectivity index (χ4n) is 2.95. The average Bonchev–Trinajstić information content (AvgIpc) is 3.36. The lowest BCUT2D eigenvalue weighted by Crippen LogP contribution is -2.48. The van der Waals surface area contributed by atoms with E-state index in [2.05, 4.69) is 28.5 Å². The second-order valence-electron chi connectivity index (χ2n) is 6.73. The summed E-state index contributed by atoms with van der Waals surface area (Å²) in [5.74, 6) is 1.49. The Bertz CT molecular complexity index is 537. The van der Waals surface area contributed by atoms with Crippen molar-refractivity contribution in [3.63, 3.8) is 0 Å². The van der Waals surface area contributed by atoms with Gasteiger partial charge in [0.05, 0.1) is 0 Å². The highest BCUT2D eigenvalue weighted by Gasteiger charge is 2.22. The summed E-state index contributed by atoms with van der Waals surface area (Å²) in [6.45, 7) is 7.07. The van der Waals surface area contributed by atoms with Crippen LogP contribution in [-0.2, 0) is 11.3 Å². The predicted molar refractivity (Wildman–Crippen MR) is 97.7 cm³/mol. The maximum Gasteiger partial charge on any atom is 0.257 e.